The first kappa shape index (κ1) is 23.4. The van der Waals surface area contributed by atoms with Crippen LogP contribution in [0.5, 0.6) is 0 Å². The number of rotatable bonds is 7. The summed E-state index contributed by atoms with van der Waals surface area (Å²) in [6, 6.07) is 16.1. The van der Waals surface area contributed by atoms with Crippen molar-refractivity contribution in [3.8, 4) is 11.1 Å². The zero-order valence-electron chi connectivity index (χ0n) is 19.5. The smallest absolute Gasteiger partial charge is 0.407 e. The summed E-state index contributed by atoms with van der Waals surface area (Å²) in [4.78, 5) is 38.2. The maximum Gasteiger partial charge on any atom is 0.407 e. The highest BCUT2D eigenvalue weighted by Crippen LogP contribution is 2.44. The molecule has 2 fully saturated rings. The van der Waals surface area contributed by atoms with Gasteiger partial charge in [0.15, 0.2) is 0 Å². The first-order valence-corrected chi connectivity index (χ1v) is 12.2. The Labute approximate surface area is 204 Å². The Kier molecular flexibility index (Phi) is 6.72. The Morgan fingerprint density at radius 2 is 1.57 bits per heavy atom. The molecule has 2 aliphatic carbocycles. The van der Waals surface area contributed by atoms with Crippen LogP contribution in [-0.2, 0) is 19.1 Å². The molecule has 8 nitrogen and oxygen atoms in total. The van der Waals surface area contributed by atoms with Crippen LogP contribution in [0.2, 0.25) is 0 Å². The number of likely N-dealkylation sites (tertiary alicyclic amines) is 1. The third-order valence-corrected chi connectivity index (χ3v) is 7.33. The SMILES string of the molecule is O=C(O)COC1CN(C(=O)[C@H]2CCCC[C@H]2NC(=O)OCC2c3ccccc3-c3ccccc32)C1. The molecule has 1 heterocycles. The molecule has 5 rings (SSSR count). The van der Waals surface area contributed by atoms with Crippen LogP contribution in [0.3, 0.4) is 0 Å². The summed E-state index contributed by atoms with van der Waals surface area (Å²) < 4.78 is 10.9. The van der Waals surface area contributed by atoms with Gasteiger partial charge in [0.25, 0.3) is 0 Å². The minimum absolute atomic E-state index is 0.0103. The predicted octanol–water partition coefficient (Wildman–Crippen LogP) is 3.40. The molecule has 2 aromatic rings. The van der Waals surface area contributed by atoms with E-state index in [1.807, 2.05) is 24.3 Å². The maximum absolute atomic E-state index is 13.1. The monoisotopic (exact) mass is 478 g/mol. The van der Waals surface area contributed by atoms with E-state index in [2.05, 4.69) is 29.6 Å². The second kappa shape index (κ2) is 10.1. The molecule has 0 unspecified atom stereocenters. The quantitative estimate of drug-likeness (QED) is 0.632. The van der Waals surface area contributed by atoms with Crippen LogP contribution in [0.1, 0.15) is 42.7 Å². The van der Waals surface area contributed by atoms with Gasteiger partial charge in [-0.15, -0.1) is 0 Å². The van der Waals surface area contributed by atoms with Crippen LogP contribution < -0.4 is 5.32 Å². The Bertz CT molecular complexity index is 1070. The molecule has 2 atom stereocenters. The van der Waals surface area contributed by atoms with Crippen LogP contribution in [0, 0.1) is 5.92 Å². The first-order chi connectivity index (χ1) is 17.0. The average Bonchev–Trinajstić information content (AvgIpc) is 3.15. The number of alkyl carbamates (subject to hydrolysis) is 1. The number of nitrogens with zero attached hydrogens (tertiary/aromatic N) is 1. The van der Waals surface area contributed by atoms with E-state index < -0.39 is 12.1 Å². The van der Waals surface area contributed by atoms with Gasteiger partial charge in [0.05, 0.1) is 12.0 Å². The highest BCUT2D eigenvalue weighted by molar-refractivity contribution is 5.82. The van der Waals surface area contributed by atoms with Crippen LogP contribution in [-0.4, -0.2) is 66.4 Å². The van der Waals surface area contributed by atoms with E-state index in [1.54, 1.807) is 4.90 Å². The number of fused-ring (bicyclic) bond motifs is 3. The number of ether oxygens (including phenoxy) is 2. The molecule has 2 N–H and O–H groups in total. The summed E-state index contributed by atoms with van der Waals surface area (Å²) >= 11 is 0. The van der Waals surface area contributed by atoms with Crippen molar-refractivity contribution in [2.75, 3.05) is 26.3 Å². The van der Waals surface area contributed by atoms with E-state index in [0.717, 1.165) is 30.4 Å². The molecular formula is C27H30N2O6. The molecular weight excluding hydrogens is 448 g/mol. The van der Waals surface area contributed by atoms with Gasteiger partial charge < -0.3 is 24.8 Å². The number of hydrogen-bond acceptors (Lipinski definition) is 5. The number of carbonyl (C=O) groups is 3. The largest absolute Gasteiger partial charge is 0.480 e. The molecule has 0 aromatic heterocycles. The van der Waals surface area contributed by atoms with Crippen molar-refractivity contribution < 1.29 is 29.0 Å². The van der Waals surface area contributed by atoms with Gasteiger partial charge >= 0.3 is 12.1 Å². The summed E-state index contributed by atoms with van der Waals surface area (Å²) in [7, 11) is 0. The van der Waals surface area contributed by atoms with Gasteiger partial charge in [-0.3, -0.25) is 4.79 Å². The van der Waals surface area contributed by atoms with Crippen molar-refractivity contribution >= 4 is 18.0 Å². The topological polar surface area (TPSA) is 105 Å². The fourth-order valence-electron chi connectivity index (χ4n) is 5.54. The Hall–Kier alpha value is -3.39. The van der Waals surface area contributed by atoms with Crippen LogP contribution in [0.4, 0.5) is 4.79 Å². The number of nitrogens with one attached hydrogen (secondary N) is 1. The second-order valence-corrected chi connectivity index (χ2v) is 9.54. The van der Waals surface area contributed by atoms with Crippen LogP contribution in [0.25, 0.3) is 11.1 Å². The van der Waals surface area contributed by atoms with Crippen LogP contribution >= 0.6 is 0 Å². The molecule has 2 amide bonds. The van der Waals surface area contributed by atoms with Gasteiger partial charge in [-0.2, -0.15) is 0 Å². The zero-order chi connectivity index (χ0) is 24.4. The third-order valence-electron chi connectivity index (χ3n) is 7.33. The number of amides is 2. The van der Waals surface area contributed by atoms with Crippen molar-refractivity contribution in [2.45, 2.75) is 43.7 Å². The molecule has 1 saturated heterocycles. The predicted molar refractivity (Wildman–Crippen MR) is 128 cm³/mol. The second-order valence-electron chi connectivity index (χ2n) is 9.54. The van der Waals surface area contributed by atoms with E-state index >= 15 is 0 Å². The molecule has 184 valence electrons. The number of benzene rings is 2. The number of carboxylic acids is 1. The van der Waals surface area contributed by atoms with Gasteiger partial charge in [0, 0.05) is 25.0 Å². The Morgan fingerprint density at radius 1 is 0.943 bits per heavy atom. The molecule has 8 heteroatoms. The number of carboxylic acid groups (broad SMARTS) is 1. The van der Waals surface area contributed by atoms with Gasteiger partial charge in [0.2, 0.25) is 5.91 Å². The van der Waals surface area contributed by atoms with Crippen molar-refractivity contribution in [3.63, 3.8) is 0 Å². The lowest BCUT2D eigenvalue weighted by atomic mass is 9.83. The highest BCUT2D eigenvalue weighted by atomic mass is 16.5. The van der Waals surface area contributed by atoms with Gasteiger partial charge in [-0.05, 0) is 35.1 Å². The van der Waals surface area contributed by atoms with Crippen molar-refractivity contribution in [2.24, 2.45) is 5.92 Å². The molecule has 2 aromatic carbocycles. The van der Waals surface area contributed by atoms with E-state index in [1.165, 1.54) is 11.1 Å². The summed E-state index contributed by atoms with van der Waals surface area (Å²) in [5.74, 6) is -1.34. The van der Waals surface area contributed by atoms with Crippen molar-refractivity contribution in [3.05, 3.63) is 59.7 Å². The summed E-state index contributed by atoms with van der Waals surface area (Å²) in [5, 5.41) is 11.7. The zero-order valence-corrected chi connectivity index (χ0v) is 19.5. The minimum atomic E-state index is -1.02. The molecule has 1 saturated carbocycles. The minimum Gasteiger partial charge on any atom is -0.480 e. The molecule has 1 aliphatic heterocycles. The van der Waals surface area contributed by atoms with E-state index in [-0.39, 0.29) is 43.1 Å². The van der Waals surface area contributed by atoms with E-state index in [9.17, 15) is 14.4 Å². The highest BCUT2D eigenvalue weighted by Gasteiger charge is 2.40. The molecule has 0 radical (unpaired) electrons. The lowest BCUT2D eigenvalue weighted by Gasteiger charge is -2.42. The summed E-state index contributed by atoms with van der Waals surface area (Å²) in [6.07, 6.45) is 2.58. The first-order valence-electron chi connectivity index (χ1n) is 12.2. The maximum atomic E-state index is 13.1. The van der Waals surface area contributed by atoms with E-state index in [4.69, 9.17) is 14.6 Å². The van der Waals surface area contributed by atoms with Gasteiger partial charge in [-0.1, -0.05) is 61.4 Å². The molecule has 3 aliphatic rings. The molecule has 0 spiro atoms. The molecule has 0 bridgehead atoms. The number of hydrogen-bond donors (Lipinski definition) is 2. The average molecular weight is 479 g/mol. The third kappa shape index (κ3) is 4.89. The lowest BCUT2D eigenvalue weighted by molar-refractivity contribution is -0.157. The summed E-state index contributed by atoms with van der Waals surface area (Å²) in [5.41, 5.74) is 4.67. The normalized spacial score (nSPS) is 21.5. The Balaban J connectivity index is 1.17. The van der Waals surface area contributed by atoms with Crippen molar-refractivity contribution in [1.29, 1.82) is 0 Å². The summed E-state index contributed by atoms with van der Waals surface area (Å²) in [6.45, 7) is 0.655. The number of carbonyl (C=O) groups excluding carboxylic acids is 2. The van der Waals surface area contributed by atoms with Gasteiger partial charge in [-0.25, -0.2) is 9.59 Å². The van der Waals surface area contributed by atoms with Crippen molar-refractivity contribution in [1.82, 2.24) is 10.2 Å². The standard InChI is InChI=1S/C27H30N2O6/c30-25(31)16-34-17-13-29(14-17)26(32)22-11-5-6-12-24(22)28-27(33)35-15-23-20-9-3-1-7-18(20)19-8-2-4-10-21(19)23/h1-4,7-10,17,22-24H,5-6,11-16H2,(H,28,33)(H,30,31)/t22-,24+/m0/s1. The van der Waals surface area contributed by atoms with Crippen LogP contribution in [0.15, 0.2) is 48.5 Å². The number of aliphatic carboxylic acids is 1. The fraction of sp³-hybridized carbons (Fsp3) is 0.444. The van der Waals surface area contributed by atoms with E-state index in [0.29, 0.717) is 19.5 Å². The van der Waals surface area contributed by atoms with Gasteiger partial charge in [0.1, 0.15) is 13.2 Å². The molecule has 35 heavy (non-hydrogen) atoms. The lowest BCUT2D eigenvalue weighted by Crippen LogP contribution is -2.59. The fourth-order valence-corrected chi connectivity index (χ4v) is 5.54. The Morgan fingerprint density at radius 3 is 2.23 bits per heavy atom.